The van der Waals surface area contributed by atoms with Gasteiger partial charge >= 0.3 is 0 Å². The second-order valence-electron chi connectivity index (χ2n) is 6.19. The fraction of sp³-hybridized carbons (Fsp3) is 0.588. The van der Waals surface area contributed by atoms with E-state index in [1.54, 1.807) is 24.3 Å². The molecular formula is C17H29N3O4S. The van der Waals surface area contributed by atoms with Crippen molar-refractivity contribution >= 4 is 21.6 Å². The second kappa shape index (κ2) is 9.62. The van der Waals surface area contributed by atoms with Crippen molar-refractivity contribution in [1.29, 1.82) is 0 Å². The standard InChI is InChI=1S/C17H29N3O4S/c1-6-16(17(21)18-12-7-13-19(2)3)24-15-10-8-14(9-11-15)20(4)25(5,22)23/h8-11,16H,6-7,12-13H2,1-5H3,(H,18,21). The summed E-state index contributed by atoms with van der Waals surface area (Å²) in [5.41, 5.74) is 0.538. The second-order valence-corrected chi connectivity index (χ2v) is 8.20. The summed E-state index contributed by atoms with van der Waals surface area (Å²) in [7, 11) is 2.16. The molecule has 8 heteroatoms. The zero-order chi connectivity index (χ0) is 19.0. The van der Waals surface area contributed by atoms with Gasteiger partial charge in [-0.2, -0.15) is 0 Å². The number of benzene rings is 1. The number of nitrogens with zero attached hydrogens (tertiary/aromatic N) is 2. The molecule has 7 nitrogen and oxygen atoms in total. The molecule has 0 fully saturated rings. The molecule has 0 saturated carbocycles. The third-order valence-corrected chi connectivity index (χ3v) is 4.93. The molecule has 1 amide bonds. The molecule has 0 aliphatic heterocycles. The quantitative estimate of drug-likeness (QED) is 0.628. The van der Waals surface area contributed by atoms with Crippen molar-refractivity contribution in [2.75, 3.05) is 44.8 Å². The highest BCUT2D eigenvalue weighted by Crippen LogP contribution is 2.21. The number of hydrogen-bond acceptors (Lipinski definition) is 5. The van der Waals surface area contributed by atoms with Crippen molar-refractivity contribution in [3.05, 3.63) is 24.3 Å². The number of anilines is 1. The van der Waals surface area contributed by atoms with Gasteiger partial charge in [-0.25, -0.2) is 8.42 Å². The molecule has 0 bridgehead atoms. The molecule has 25 heavy (non-hydrogen) atoms. The molecule has 1 atom stereocenters. The van der Waals surface area contributed by atoms with E-state index in [1.165, 1.54) is 11.4 Å². The highest BCUT2D eigenvalue weighted by atomic mass is 32.2. The Morgan fingerprint density at radius 3 is 2.28 bits per heavy atom. The summed E-state index contributed by atoms with van der Waals surface area (Å²) in [5, 5.41) is 2.88. The summed E-state index contributed by atoms with van der Waals surface area (Å²) in [4.78, 5) is 14.3. The van der Waals surface area contributed by atoms with Crippen LogP contribution in [0.5, 0.6) is 5.75 Å². The summed E-state index contributed by atoms with van der Waals surface area (Å²) in [5.74, 6) is 0.388. The minimum absolute atomic E-state index is 0.140. The highest BCUT2D eigenvalue weighted by molar-refractivity contribution is 7.92. The van der Waals surface area contributed by atoms with Crippen LogP contribution in [-0.2, 0) is 14.8 Å². The maximum Gasteiger partial charge on any atom is 0.261 e. The Kier molecular flexibility index (Phi) is 8.18. The lowest BCUT2D eigenvalue weighted by molar-refractivity contribution is -0.128. The number of carbonyl (C=O) groups excluding carboxylic acids is 1. The minimum atomic E-state index is -3.30. The van der Waals surface area contributed by atoms with Crippen molar-refractivity contribution in [3.8, 4) is 5.75 Å². The molecule has 1 aromatic carbocycles. The Balaban J connectivity index is 2.61. The van der Waals surface area contributed by atoms with E-state index in [0.29, 0.717) is 24.4 Å². The van der Waals surface area contributed by atoms with E-state index in [2.05, 4.69) is 10.2 Å². The first-order valence-electron chi connectivity index (χ1n) is 8.28. The van der Waals surface area contributed by atoms with Crippen LogP contribution in [-0.4, -0.2) is 65.8 Å². The topological polar surface area (TPSA) is 78.9 Å². The van der Waals surface area contributed by atoms with Crippen LogP contribution in [0.2, 0.25) is 0 Å². The van der Waals surface area contributed by atoms with Gasteiger partial charge in [0.25, 0.3) is 5.91 Å². The summed E-state index contributed by atoms with van der Waals surface area (Å²) in [6, 6.07) is 6.63. The van der Waals surface area contributed by atoms with Gasteiger partial charge in [0.1, 0.15) is 5.75 Å². The third-order valence-electron chi connectivity index (χ3n) is 3.72. The first-order valence-corrected chi connectivity index (χ1v) is 10.1. The van der Waals surface area contributed by atoms with E-state index in [1.807, 2.05) is 21.0 Å². The van der Waals surface area contributed by atoms with Crippen molar-refractivity contribution in [3.63, 3.8) is 0 Å². The number of ether oxygens (including phenoxy) is 1. The average molecular weight is 372 g/mol. The summed E-state index contributed by atoms with van der Waals surface area (Å²) < 4.78 is 30.0. The zero-order valence-electron chi connectivity index (χ0n) is 15.7. The van der Waals surface area contributed by atoms with Crippen LogP contribution in [0.25, 0.3) is 0 Å². The lowest BCUT2D eigenvalue weighted by atomic mass is 10.2. The molecule has 1 N–H and O–H groups in total. The Hall–Kier alpha value is -1.80. The molecule has 0 saturated heterocycles. The van der Waals surface area contributed by atoms with Gasteiger partial charge in [0, 0.05) is 13.6 Å². The average Bonchev–Trinajstić information content (AvgIpc) is 2.55. The van der Waals surface area contributed by atoms with Gasteiger partial charge in [-0.15, -0.1) is 0 Å². The molecule has 0 radical (unpaired) electrons. The monoisotopic (exact) mass is 371 g/mol. The highest BCUT2D eigenvalue weighted by Gasteiger charge is 2.18. The third kappa shape index (κ3) is 7.31. The van der Waals surface area contributed by atoms with Crippen molar-refractivity contribution in [2.24, 2.45) is 0 Å². The Morgan fingerprint density at radius 1 is 1.20 bits per heavy atom. The van der Waals surface area contributed by atoms with Gasteiger partial charge in [-0.05, 0) is 57.7 Å². The molecule has 0 aliphatic carbocycles. The normalized spacial score (nSPS) is 12.7. The summed E-state index contributed by atoms with van der Waals surface area (Å²) in [6.45, 7) is 3.40. The number of nitrogens with one attached hydrogen (secondary N) is 1. The molecule has 0 aliphatic rings. The SMILES string of the molecule is CCC(Oc1ccc(N(C)S(C)(=O)=O)cc1)C(=O)NCCCN(C)C. The van der Waals surface area contributed by atoms with Gasteiger partial charge in [0.05, 0.1) is 11.9 Å². The Labute approximate surface area is 151 Å². The van der Waals surface area contributed by atoms with E-state index in [9.17, 15) is 13.2 Å². The van der Waals surface area contributed by atoms with Crippen LogP contribution >= 0.6 is 0 Å². The lowest BCUT2D eigenvalue weighted by Gasteiger charge is -2.19. The van der Waals surface area contributed by atoms with Crippen molar-refractivity contribution in [2.45, 2.75) is 25.9 Å². The Morgan fingerprint density at radius 2 is 1.80 bits per heavy atom. The fourth-order valence-corrected chi connectivity index (χ4v) is 2.64. The van der Waals surface area contributed by atoms with Crippen molar-refractivity contribution < 1.29 is 17.9 Å². The van der Waals surface area contributed by atoms with Crippen LogP contribution in [0.4, 0.5) is 5.69 Å². The number of carbonyl (C=O) groups is 1. The maximum atomic E-state index is 12.2. The molecule has 1 unspecified atom stereocenters. The molecule has 1 rings (SSSR count). The van der Waals surface area contributed by atoms with Gasteiger partial charge in [0.2, 0.25) is 10.0 Å². The van der Waals surface area contributed by atoms with Gasteiger partial charge in [0.15, 0.2) is 6.10 Å². The largest absolute Gasteiger partial charge is 0.481 e. The molecular weight excluding hydrogens is 342 g/mol. The maximum absolute atomic E-state index is 12.2. The van der Waals surface area contributed by atoms with E-state index >= 15 is 0 Å². The van der Waals surface area contributed by atoms with Crippen LogP contribution < -0.4 is 14.4 Å². The van der Waals surface area contributed by atoms with Crippen LogP contribution in [0.3, 0.4) is 0 Å². The first-order chi connectivity index (χ1) is 11.6. The predicted octanol–water partition coefficient (Wildman–Crippen LogP) is 1.31. The van der Waals surface area contributed by atoms with E-state index < -0.39 is 16.1 Å². The number of sulfonamides is 1. The fourth-order valence-electron chi connectivity index (χ4n) is 2.13. The van der Waals surface area contributed by atoms with Crippen LogP contribution in [0, 0.1) is 0 Å². The van der Waals surface area contributed by atoms with Crippen LogP contribution in [0.15, 0.2) is 24.3 Å². The van der Waals surface area contributed by atoms with E-state index in [4.69, 9.17) is 4.74 Å². The number of amides is 1. The summed E-state index contributed by atoms with van der Waals surface area (Å²) in [6.07, 6.45) is 2.00. The molecule has 0 aromatic heterocycles. The lowest BCUT2D eigenvalue weighted by Crippen LogP contribution is -2.39. The van der Waals surface area contributed by atoms with E-state index in [0.717, 1.165) is 19.2 Å². The van der Waals surface area contributed by atoms with Crippen molar-refractivity contribution in [1.82, 2.24) is 10.2 Å². The minimum Gasteiger partial charge on any atom is -0.481 e. The zero-order valence-corrected chi connectivity index (χ0v) is 16.5. The first kappa shape index (κ1) is 21.2. The smallest absolute Gasteiger partial charge is 0.261 e. The van der Waals surface area contributed by atoms with Gasteiger partial charge < -0.3 is 15.0 Å². The van der Waals surface area contributed by atoms with Gasteiger partial charge in [-0.3, -0.25) is 9.10 Å². The number of rotatable bonds is 10. The Bertz CT molecular complexity index is 644. The molecule has 142 valence electrons. The predicted molar refractivity (Wildman–Crippen MR) is 101 cm³/mol. The number of hydrogen-bond donors (Lipinski definition) is 1. The summed E-state index contributed by atoms with van der Waals surface area (Å²) >= 11 is 0. The van der Waals surface area contributed by atoms with Crippen LogP contribution in [0.1, 0.15) is 19.8 Å². The molecule has 1 aromatic rings. The van der Waals surface area contributed by atoms with Gasteiger partial charge in [-0.1, -0.05) is 6.92 Å². The molecule has 0 heterocycles. The molecule has 0 spiro atoms. The van der Waals surface area contributed by atoms with E-state index in [-0.39, 0.29) is 5.91 Å².